The van der Waals surface area contributed by atoms with E-state index < -0.39 is 0 Å². The molecule has 0 aliphatic heterocycles. The average molecular weight is 450 g/mol. The van der Waals surface area contributed by atoms with Crippen molar-refractivity contribution in [2.24, 2.45) is 4.99 Å². The topological polar surface area (TPSA) is 29.4 Å². The lowest BCUT2D eigenvalue weighted by Crippen LogP contribution is -1.85. The predicted molar refractivity (Wildman–Crippen MR) is 143 cm³/mol. The minimum Gasteiger partial charge on any atom is -0.211 e. The van der Waals surface area contributed by atoms with E-state index in [0.717, 1.165) is 6.42 Å². The summed E-state index contributed by atoms with van der Waals surface area (Å²) in [6.45, 7) is 2.97. The molecule has 0 aliphatic rings. The molecular weight excluding hydrogens is 390 g/mol. The maximum atomic E-state index is 9.96. The van der Waals surface area contributed by atoms with Crippen molar-refractivity contribution in [1.82, 2.24) is 0 Å². The van der Waals surface area contributed by atoms with Crippen LogP contribution in [0.4, 0.5) is 0 Å². The Morgan fingerprint density at radius 3 is 0.812 bits per heavy atom. The van der Waals surface area contributed by atoms with Gasteiger partial charge in [0.15, 0.2) is 0 Å². The molecule has 0 aromatic heterocycles. The molecule has 0 fully saturated rings. The summed E-state index contributed by atoms with van der Waals surface area (Å²) >= 11 is 0. The maximum absolute atomic E-state index is 9.96. The molecule has 32 heavy (non-hydrogen) atoms. The molecule has 0 aromatic rings. The fraction of sp³-hybridized carbons (Fsp3) is 0.967. The first kappa shape index (κ1) is 31.4. The molecule has 0 radical (unpaired) electrons. The average Bonchev–Trinajstić information content (AvgIpc) is 2.81. The summed E-state index contributed by atoms with van der Waals surface area (Å²) in [7, 11) is 0. The molecule has 0 aliphatic carbocycles. The minimum absolute atomic E-state index is 0.670. The zero-order valence-corrected chi connectivity index (χ0v) is 22.2. The number of hydrogen-bond acceptors (Lipinski definition) is 2. The number of carbonyl (C=O) groups excluding carboxylic acids is 1. The third kappa shape index (κ3) is 29.4. The number of isocyanates is 1. The van der Waals surface area contributed by atoms with Crippen LogP contribution in [0.3, 0.4) is 0 Å². The lowest BCUT2D eigenvalue weighted by atomic mass is 10.0. The molecular formula is C30H59NO. The van der Waals surface area contributed by atoms with Crippen LogP contribution in [0.2, 0.25) is 0 Å². The van der Waals surface area contributed by atoms with Gasteiger partial charge >= 0.3 is 0 Å². The number of hydrogen-bond donors (Lipinski definition) is 0. The molecule has 0 saturated carbocycles. The van der Waals surface area contributed by atoms with E-state index in [4.69, 9.17) is 0 Å². The lowest BCUT2D eigenvalue weighted by molar-refractivity contribution is 0.515. The Bertz CT molecular complexity index is 375. The highest BCUT2D eigenvalue weighted by atomic mass is 16.1. The van der Waals surface area contributed by atoms with Gasteiger partial charge in [-0.1, -0.05) is 174 Å². The van der Waals surface area contributed by atoms with Crippen molar-refractivity contribution in [2.75, 3.05) is 6.54 Å². The van der Waals surface area contributed by atoms with Crippen molar-refractivity contribution in [3.8, 4) is 0 Å². The molecule has 0 saturated heterocycles. The van der Waals surface area contributed by atoms with Crippen LogP contribution in [-0.2, 0) is 4.79 Å². The van der Waals surface area contributed by atoms with Gasteiger partial charge in [0.1, 0.15) is 0 Å². The summed E-state index contributed by atoms with van der Waals surface area (Å²) in [5, 5.41) is 0. The quantitative estimate of drug-likeness (QED) is 0.0663. The number of unbranched alkanes of at least 4 members (excludes halogenated alkanes) is 26. The van der Waals surface area contributed by atoms with Gasteiger partial charge in [0, 0.05) is 0 Å². The van der Waals surface area contributed by atoms with E-state index in [1.54, 1.807) is 6.08 Å². The van der Waals surface area contributed by atoms with Gasteiger partial charge < -0.3 is 0 Å². The van der Waals surface area contributed by atoms with Gasteiger partial charge in [0.25, 0.3) is 0 Å². The number of rotatable bonds is 28. The molecule has 0 unspecified atom stereocenters. The summed E-state index contributed by atoms with van der Waals surface area (Å²) in [6.07, 6.45) is 40.0. The van der Waals surface area contributed by atoms with E-state index in [9.17, 15) is 4.79 Å². The summed E-state index contributed by atoms with van der Waals surface area (Å²) < 4.78 is 0. The van der Waals surface area contributed by atoms with E-state index in [-0.39, 0.29) is 0 Å². The second kappa shape index (κ2) is 30.4. The van der Waals surface area contributed by atoms with Gasteiger partial charge in [0.05, 0.1) is 6.54 Å². The van der Waals surface area contributed by atoms with E-state index in [2.05, 4.69) is 11.9 Å². The van der Waals surface area contributed by atoms with Crippen molar-refractivity contribution in [2.45, 2.75) is 180 Å². The van der Waals surface area contributed by atoms with Crippen LogP contribution < -0.4 is 0 Å². The van der Waals surface area contributed by atoms with Gasteiger partial charge in [-0.25, -0.2) is 9.79 Å². The van der Waals surface area contributed by atoms with Crippen molar-refractivity contribution in [3.63, 3.8) is 0 Å². The van der Waals surface area contributed by atoms with Gasteiger partial charge in [0.2, 0.25) is 6.08 Å². The number of nitrogens with zero attached hydrogens (tertiary/aromatic N) is 1. The van der Waals surface area contributed by atoms with Crippen LogP contribution >= 0.6 is 0 Å². The highest BCUT2D eigenvalue weighted by molar-refractivity contribution is 5.32. The van der Waals surface area contributed by atoms with Crippen molar-refractivity contribution in [3.05, 3.63) is 0 Å². The minimum atomic E-state index is 0.670. The molecule has 0 spiro atoms. The monoisotopic (exact) mass is 449 g/mol. The fourth-order valence-corrected chi connectivity index (χ4v) is 4.73. The highest BCUT2D eigenvalue weighted by Gasteiger charge is 1.96. The summed E-state index contributed by atoms with van der Waals surface area (Å²) in [5.41, 5.74) is 0. The Morgan fingerprint density at radius 1 is 0.375 bits per heavy atom. The zero-order valence-electron chi connectivity index (χ0n) is 22.2. The molecule has 2 nitrogen and oxygen atoms in total. The van der Waals surface area contributed by atoms with Gasteiger partial charge in [-0.2, -0.15) is 0 Å². The fourth-order valence-electron chi connectivity index (χ4n) is 4.73. The largest absolute Gasteiger partial charge is 0.234 e. The molecule has 0 bridgehead atoms. The van der Waals surface area contributed by atoms with Crippen LogP contribution in [0, 0.1) is 0 Å². The van der Waals surface area contributed by atoms with Gasteiger partial charge in [-0.3, -0.25) is 0 Å². The Labute approximate surface area is 202 Å². The van der Waals surface area contributed by atoms with Crippen LogP contribution in [0.1, 0.15) is 180 Å². The smallest absolute Gasteiger partial charge is 0.211 e. The zero-order chi connectivity index (χ0) is 23.2. The summed E-state index contributed by atoms with van der Waals surface area (Å²) in [5.74, 6) is 0. The summed E-state index contributed by atoms with van der Waals surface area (Å²) in [6, 6.07) is 0. The third-order valence-corrected chi connectivity index (χ3v) is 6.94. The first-order valence-corrected chi connectivity index (χ1v) is 15.0. The third-order valence-electron chi connectivity index (χ3n) is 6.94. The maximum Gasteiger partial charge on any atom is 0.234 e. The second-order valence-corrected chi connectivity index (χ2v) is 10.2. The molecule has 190 valence electrons. The summed E-state index contributed by atoms with van der Waals surface area (Å²) in [4.78, 5) is 13.6. The van der Waals surface area contributed by atoms with Crippen LogP contribution in [-0.4, -0.2) is 12.6 Å². The van der Waals surface area contributed by atoms with E-state index >= 15 is 0 Å². The molecule has 0 aromatic carbocycles. The Morgan fingerprint density at radius 2 is 0.594 bits per heavy atom. The molecule has 0 atom stereocenters. The standard InChI is InChI=1S/C30H59NO/c1-2-3-4-5-6-7-8-9-10-11-12-13-14-15-16-17-18-19-20-21-22-23-24-25-26-27-28-29-31-30-32/h2-29H2,1H3. The molecule has 0 rings (SSSR count). The van der Waals surface area contributed by atoms with E-state index in [1.165, 1.54) is 167 Å². The molecule has 0 N–H and O–H groups in total. The first-order valence-electron chi connectivity index (χ1n) is 15.0. The van der Waals surface area contributed by atoms with E-state index in [0.29, 0.717) is 6.54 Å². The molecule has 0 amide bonds. The second-order valence-electron chi connectivity index (χ2n) is 10.2. The molecule has 2 heteroatoms. The van der Waals surface area contributed by atoms with Crippen molar-refractivity contribution >= 4 is 6.08 Å². The first-order chi connectivity index (χ1) is 15.9. The van der Waals surface area contributed by atoms with Crippen LogP contribution in [0.25, 0.3) is 0 Å². The molecule has 0 heterocycles. The van der Waals surface area contributed by atoms with Crippen molar-refractivity contribution in [1.29, 1.82) is 0 Å². The highest BCUT2D eigenvalue weighted by Crippen LogP contribution is 2.16. The number of aliphatic imine (C=N–C) groups is 1. The van der Waals surface area contributed by atoms with Gasteiger partial charge in [-0.15, -0.1) is 0 Å². The predicted octanol–water partition coefficient (Wildman–Crippen LogP) is 10.9. The normalized spacial score (nSPS) is 11.0. The lowest BCUT2D eigenvalue weighted by Gasteiger charge is -2.04. The van der Waals surface area contributed by atoms with Gasteiger partial charge in [-0.05, 0) is 6.42 Å². The van der Waals surface area contributed by atoms with Crippen LogP contribution in [0.15, 0.2) is 4.99 Å². The Balaban J connectivity index is 3.00. The van der Waals surface area contributed by atoms with Crippen molar-refractivity contribution < 1.29 is 4.79 Å². The SMILES string of the molecule is CCCCCCCCCCCCCCCCCCCCCCCCCCCCCN=C=O. The van der Waals surface area contributed by atoms with E-state index in [1.807, 2.05) is 0 Å². The Kier molecular flexibility index (Phi) is 29.8. The Hall–Kier alpha value is -0.620. The van der Waals surface area contributed by atoms with Crippen LogP contribution in [0.5, 0.6) is 0 Å².